The number of ether oxygens (including phenoxy) is 2. The Labute approximate surface area is 267 Å². The molecular formula is C32H31ClF3N5O5. The molecule has 0 bridgehead atoms. The molecule has 2 aromatic carbocycles. The summed E-state index contributed by atoms with van der Waals surface area (Å²) in [5.41, 5.74) is 4.36. The number of halogens is 4. The monoisotopic (exact) mass is 657 g/mol. The standard InChI is InChI=1S/C32H31ClF3N5O5/c1-18-23-4-2-3-21(17-46-30(44)32(34,35)36)24(23)7-10-41(18)27(42)16-40-15-20-6-5-19(13-25(20)29(40)43)28-26(33)14-37-31(39-28)38-22-8-11-45-12-9-22/h2-6,13-14,18,22H,7-12,15-17H2,1H3,(H,37,38,39). The second-order valence-electron chi connectivity index (χ2n) is 11.5. The molecule has 1 aromatic heterocycles. The van der Waals surface area contributed by atoms with Crippen LogP contribution in [0.3, 0.4) is 0 Å². The predicted octanol–water partition coefficient (Wildman–Crippen LogP) is 5.10. The molecule has 0 saturated carbocycles. The van der Waals surface area contributed by atoms with Crippen LogP contribution in [-0.2, 0) is 38.6 Å². The zero-order chi connectivity index (χ0) is 32.6. The van der Waals surface area contributed by atoms with Gasteiger partial charge in [0.05, 0.1) is 23.0 Å². The third-order valence-electron chi connectivity index (χ3n) is 8.63. The number of carbonyl (C=O) groups excluding carboxylic acids is 3. The van der Waals surface area contributed by atoms with Crippen molar-refractivity contribution in [2.75, 3.05) is 31.6 Å². The minimum absolute atomic E-state index is 0.140. The van der Waals surface area contributed by atoms with Crippen LogP contribution in [0.15, 0.2) is 42.6 Å². The van der Waals surface area contributed by atoms with Gasteiger partial charge in [0.2, 0.25) is 11.9 Å². The van der Waals surface area contributed by atoms with Gasteiger partial charge in [0.25, 0.3) is 5.91 Å². The Balaban J connectivity index is 1.12. The summed E-state index contributed by atoms with van der Waals surface area (Å²) in [6.07, 6.45) is -1.49. The highest BCUT2D eigenvalue weighted by Gasteiger charge is 2.41. The Hall–Kier alpha value is -4.23. The Morgan fingerprint density at radius 3 is 2.72 bits per heavy atom. The van der Waals surface area contributed by atoms with Crippen molar-refractivity contribution < 1.29 is 37.0 Å². The van der Waals surface area contributed by atoms with Gasteiger partial charge in [-0.3, -0.25) is 9.59 Å². The minimum Gasteiger partial charge on any atom is -0.454 e. The fraction of sp³-hybridized carbons (Fsp3) is 0.406. The van der Waals surface area contributed by atoms with Crippen molar-refractivity contribution >= 4 is 35.3 Å². The zero-order valence-corrected chi connectivity index (χ0v) is 25.7. The first-order chi connectivity index (χ1) is 22.0. The summed E-state index contributed by atoms with van der Waals surface area (Å²) in [5, 5.41) is 3.67. The third-order valence-corrected chi connectivity index (χ3v) is 8.90. The van der Waals surface area contributed by atoms with E-state index in [9.17, 15) is 27.6 Å². The Kier molecular flexibility index (Phi) is 8.88. The highest BCUT2D eigenvalue weighted by atomic mass is 35.5. The second-order valence-corrected chi connectivity index (χ2v) is 11.9. The van der Waals surface area contributed by atoms with Gasteiger partial charge in [-0.05, 0) is 54.5 Å². The van der Waals surface area contributed by atoms with E-state index in [-0.39, 0.29) is 30.9 Å². The molecule has 14 heteroatoms. The number of alkyl halides is 3. The van der Waals surface area contributed by atoms with Crippen LogP contribution >= 0.6 is 11.6 Å². The molecule has 1 atom stereocenters. The number of hydrogen-bond donors (Lipinski definition) is 1. The van der Waals surface area contributed by atoms with E-state index in [0.717, 1.165) is 29.5 Å². The zero-order valence-electron chi connectivity index (χ0n) is 24.9. The summed E-state index contributed by atoms with van der Waals surface area (Å²) >= 11 is 6.47. The molecule has 0 spiro atoms. The molecule has 4 heterocycles. The quantitative estimate of drug-likeness (QED) is 0.350. The molecule has 2 amide bonds. The Morgan fingerprint density at radius 1 is 1.17 bits per heavy atom. The largest absolute Gasteiger partial charge is 0.490 e. The van der Waals surface area contributed by atoms with Crippen LogP contribution in [0.4, 0.5) is 19.1 Å². The van der Waals surface area contributed by atoms with Crippen molar-refractivity contribution in [2.45, 2.75) is 57.6 Å². The maximum Gasteiger partial charge on any atom is 0.490 e. The number of rotatable bonds is 7. The van der Waals surface area contributed by atoms with Crippen LogP contribution in [0, 0.1) is 0 Å². The van der Waals surface area contributed by atoms with Crippen molar-refractivity contribution in [3.05, 3.63) is 75.4 Å². The van der Waals surface area contributed by atoms with Gasteiger partial charge >= 0.3 is 12.1 Å². The van der Waals surface area contributed by atoms with E-state index in [1.54, 1.807) is 29.2 Å². The number of esters is 1. The first-order valence-electron chi connectivity index (χ1n) is 14.9. The molecule has 242 valence electrons. The van der Waals surface area contributed by atoms with Crippen molar-refractivity contribution in [3.8, 4) is 11.3 Å². The van der Waals surface area contributed by atoms with Gasteiger partial charge in [-0.25, -0.2) is 14.8 Å². The average molecular weight is 658 g/mol. The van der Waals surface area contributed by atoms with E-state index >= 15 is 0 Å². The van der Waals surface area contributed by atoms with E-state index in [1.165, 1.54) is 11.1 Å². The van der Waals surface area contributed by atoms with Crippen molar-refractivity contribution in [1.82, 2.24) is 19.8 Å². The van der Waals surface area contributed by atoms with Crippen LogP contribution in [0.25, 0.3) is 11.3 Å². The molecule has 3 aliphatic heterocycles. The maximum absolute atomic E-state index is 13.5. The lowest BCUT2D eigenvalue weighted by atomic mass is 9.90. The maximum atomic E-state index is 13.5. The molecule has 3 aromatic rings. The van der Waals surface area contributed by atoms with Crippen molar-refractivity contribution in [1.29, 1.82) is 0 Å². The van der Waals surface area contributed by atoms with Crippen LogP contribution in [-0.4, -0.2) is 76.1 Å². The number of nitrogens with one attached hydrogen (secondary N) is 1. The second kappa shape index (κ2) is 12.9. The Bertz CT molecular complexity index is 1680. The normalized spacial score (nSPS) is 18.3. The number of anilines is 1. The summed E-state index contributed by atoms with van der Waals surface area (Å²) in [7, 11) is 0. The van der Waals surface area contributed by atoms with Gasteiger partial charge in [-0.15, -0.1) is 0 Å². The van der Waals surface area contributed by atoms with Crippen molar-refractivity contribution in [3.63, 3.8) is 0 Å². The lowest BCUT2D eigenvalue weighted by molar-refractivity contribution is -0.201. The smallest absolute Gasteiger partial charge is 0.454 e. The molecule has 10 nitrogen and oxygen atoms in total. The molecule has 46 heavy (non-hydrogen) atoms. The van der Waals surface area contributed by atoms with E-state index in [4.69, 9.17) is 16.3 Å². The van der Waals surface area contributed by atoms with Gasteiger partial charge in [0.1, 0.15) is 13.2 Å². The van der Waals surface area contributed by atoms with E-state index in [2.05, 4.69) is 20.0 Å². The van der Waals surface area contributed by atoms with Crippen LogP contribution < -0.4 is 5.32 Å². The lowest BCUT2D eigenvalue weighted by Gasteiger charge is -2.37. The summed E-state index contributed by atoms with van der Waals surface area (Å²) in [6, 6.07) is 10.3. The number of amides is 2. The first kappa shape index (κ1) is 31.7. The van der Waals surface area contributed by atoms with Gasteiger partial charge < -0.3 is 24.6 Å². The fourth-order valence-corrected chi connectivity index (χ4v) is 6.40. The predicted molar refractivity (Wildman–Crippen MR) is 161 cm³/mol. The number of carbonyl (C=O) groups is 3. The fourth-order valence-electron chi connectivity index (χ4n) is 6.20. The summed E-state index contributed by atoms with van der Waals surface area (Å²) in [4.78, 5) is 50.3. The van der Waals surface area contributed by atoms with Crippen LogP contribution in [0.1, 0.15) is 58.4 Å². The molecule has 0 radical (unpaired) electrons. The average Bonchev–Trinajstić information content (AvgIpc) is 3.34. The third kappa shape index (κ3) is 6.52. The SMILES string of the molecule is CC1c2cccc(COC(=O)C(F)(F)F)c2CCN1C(=O)CN1Cc2ccc(-c3nc(NC4CCOCC4)ncc3Cl)cc2C1=O. The van der Waals surface area contributed by atoms with Gasteiger partial charge in [-0.1, -0.05) is 41.9 Å². The summed E-state index contributed by atoms with van der Waals surface area (Å²) < 4.78 is 47.7. The molecule has 1 fully saturated rings. The highest BCUT2D eigenvalue weighted by molar-refractivity contribution is 6.33. The van der Waals surface area contributed by atoms with E-state index in [0.29, 0.717) is 59.5 Å². The topological polar surface area (TPSA) is 114 Å². The van der Waals surface area contributed by atoms with Crippen LogP contribution in [0.2, 0.25) is 5.02 Å². The molecule has 1 saturated heterocycles. The Morgan fingerprint density at radius 2 is 1.96 bits per heavy atom. The van der Waals surface area contributed by atoms with E-state index < -0.39 is 24.8 Å². The van der Waals surface area contributed by atoms with Gasteiger partial charge in [-0.2, -0.15) is 13.2 Å². The number of hydrogen-bond acceptors (Lipinski definition) is 8. The summed E-state index contributed by atoms with van der Waals surface area (Å²) in [5.74, 6) is -2.34. The summed E-state index contributed by atoms with van der Waals surface area (Å²) in [6.45, 7) is 3.07. The van der Waals surface area contributed by atoms with Gasteiger partial charge in [0.15, 0.2) is 0 Å². The molecule has 1 unspecified atom stereocenters. The number of aromatic nitrogens is 2. The molecular weight excluding hydrogens is 627 g/mol. The number of nitrogens with zero attached hydrogens (tertiary/aromatic N) is 4. The van der Waals surface area contributed by atoms with Gasteiger partial charge in [0, 0.05) is 43.5 Å². The van der Waals surface area contributed by atoms with E-state index in [1.807, 2.05) is 19.1 Å². The number of fused-ring (bicyclic) bond motifs is 2. The minimum atomic E-state index is -5.08. The molecule has 6 rings (SSSR count). The molecule has 1 N–H and O–H groups in total. The first-order valence-corrected chi connectivity index (χ1v) is 15.3. The lowest BCUT2D eigenvalue weighted by Crippen LogP contribution is -2.44. The number of benzene rings is 2. The van der Waals surface area contributed by atoms with Crippen LogP contribution in [0.5, 0.6) is 0 Å². The highest BCUT2D eigenvalue weighted by Crippen LogP contribution is 2.34. The molecule has 0 aliphatic carbocycles. The molecule has 3 aliphatic rings. The van der Waals surface area contributed by atoms with Crippen molar-refractivity contribution in [2.24, 2.45) is 0 Å².